The summed E-state index contributed by atoms with van der Waals surface area (Å²) >= 11 is 2.11. The lowest BCUT2D eigenvalue weighted by molar-refractivity contribution is 0.536. The highest BCUT2D eigenvalue weighted by Gasteiger charge is 2.28. The van der Waals surface area contributed by atoms with Crippen LogP contribution in [0.4, 0.5) is 0 Å². The first-order valence-corrected chi connectivity index (χ1v) is 6.91. The first-order valence-electron chi connectivity index (χ1n) is 5.93. The fraction of sp³-hybridized carbons (Fsp3) is 0.750. The van der Waals surface area contributed by atoms with Crippen molar-refractivity contribution in [3.63, 3.8) is 0 Å². The average Bonchev–Trinajstić information content (AvgIpc) is 2.80. The third-order valence-electron chi connectivity index (χ3n) is 3.45. The molecule has 1 aromatic rings. The highest BCUT2D eigenvalue weighted by atomic mass is 32.2. The first kappa shape index (κ1) is 12.0. The number of aryl methyl sites for hydroxylation is 1. The van der Waals surface area contributed by atoms with Crippen molar-refractivity contribution < 1.29 is 0 Å². The van der Waals surface area contributed by atoms with Crippen LogP contribution in [0.25, 0.3) is 0 Å². The molecular weight excluding hydrogens is 218 g/mol. The predicted molar refractivity (Wildman–Crippen MR) is 69.7 cm³/mol. The molecule has 1 unspecified atom stereocenters. The first-order chi connectivity index (χ1) is 7.61. The highest BCUT2D eigenvalue weighted by Crippen LogP contribution is 2.36. The number of rotatable bonds is 4. The third-order valence-corrected chi connectivity index (χ3v) is 4.99. The largest absolute Gasteiger partial charge is 0.311 e. The maximum atomic E-state index is 4.26. The lowest BCUT2D eigenvalue weighted by Crippen LogP contribution is -2.32. The normalized spacial score (nSPS) is 25.2. The van der Waals surface area contributed by atoms with Gasteiger partial charge < -0.3 is 5.32 Å². The van der Waals surface area contributed by atoms with Crippen LogP contribution in [-0.2, 0) is 13.6 Å². The van der Waals surface area contributed by atoms with Crippen LogP contribution in [0.2, 0.25) is 0 Å². The van der Waals surface area contributed by atoms with E-state index in [0.29, 0.717) is 4.75 Å². The quantitative estimate of drug-likeness (QED) is 0.872. The molecule has 1 saturated heterocycles. The third kappa shape index (κ3) is 2.61. The van der Waals surface area contributed by atoms with Crippen LogP contribution in [0.15, 0.2) is 6.20 Å². The number of aromatic nitrogens is 2. The predicted octanol–water partition coefficient (Wildman–Crippen LogP) is 2.10. The molecular formula is C12H21N3S. The molecule has 0 spiro atoms. The van der Waals surface area contributed by atoms with Crippen molar-refractivity contribution >= 4 is 11.8 Å². The van der Waals surface area contributed by atoms with E-state index in [2.05, 4.69) is 36.0 Å². The molecule has 0 aromatic carbocycles. The summed E-state index contributed by atoms with van der Waals surface area (Å²) in [6, 6.07) is 0. The minimum absolute atomic E-state index is 0.454. The molecule has 2 rings (SSSR count). The zero-order chi connectivity index (χ0) is 11.6. The van der Waals surface area contributed by atoms with Crippen LogP contribution in [0.3, 0.4) is 0 Å². The summed E-state index contributed by atoms with van der Waals surface area (Å²) in [4.78, 5) is 0. The molecule has 0 radical (unpaired) electrons. The van der Waals surface area contributed by atoms with Crippen LogP contribution in [0, 0.1) is 6.92 Å². The molecule has 1 aromatic heterocycles. The molecule has 1 N–H and O–H groups in total. The molecule has 16 heavy (non-hydrogen) atoms. The maximum Gasteiger partial charge on any atom is 0.0537 e. The molecule has 4 heteroatoms. The van der Waals surface area contributed by atoms with E-state index in [9.17, 15) is 0 Å². The van der Waals surface area contributed by atoms with Gasteiger partial charge in [0.05, 0.1) is 6.20 Å². The Morgan fingerprint density at radius 2 is 2.44 bits per heavy atom. The Morgan fingerprint density at radius 1 is 1.62 bits per heavy atom. The van der Waals surface area contributed by atoms with Gasteiger partial charge in [0, 0.05) is 36.1 Å². The van der Waals surface area contributed by atoms with Gasteiger partial charge in [0.1, 0.15) is 0 Å². The monoisotopic (exact) mass is 239 g/mol. The van der Waals surface area contributed by atoms with Gasteiger partial charge in [-0.25, -0.2) is 0 Å². The van der Waals surface area contributed by atoms with E-state index in [1.165, 1.54) is 29.9 Å². The molecule has 1 fully saturated rings. The van der Waals surface area contributed by atoms with E-state index in [-0.39, 0.29) is 0 Å². The van der Waals surface area contributed by atoms with Gasteiger partial charge in [-0.1, -0.05) is 0 Å². The molecule has 0 bridgehead atoms. The summed E-state index contributed by atoms with van der Waals surface area (Å²) in [5.74, 6) is 1.32. The number of hydrogen-bond acceptors (Lipinski definition) is 3. The van der Waals surface area contributed by atoms with E-state index in [4.69, 9.17) is 0 Å². The van der Waals surface area contributed by atoms with Crippen molar-refractivity contribution in [2.75, 3.05) is 12.3 Å². The Morgan fingerprint density at radius 3 is 3.00 bits per heavy atom. The lowest BCUT2D eigenvalue weighted by Gasteiger charge is -2.22. The van der Waals surface area contributed by atoms with E-state index in [1.54, 1.807) is 0 Å². The lowest BCUT2D eigenvalue weighted by atomic mass is 10.1. The Hall–Kier alpha value is -0.480. The van der Waals surface area contributed by atoms with Gasteiger partial charge in [0.2, 0.25) is 0 Å². The van der Waals surface area contributed by atoms with Gasteiger partial charge in [-0.05, 0) is 32.4 Å². The molecule has 0 saturated carbocycles. The Bertz CT molecular complexity index is 353. The number of hydrogen-bond donors (Lipinski definition) is 1. The number of nitrogens with one attached hydrogen (secondary N) is 1. The van der Waals surface area contributed by atoms with Gasteiger partial charge in [0.25, 0.3) is 0 Å². The number of nitrogens with zero attached hydrogens (tertiary/aromatic N) is 2. The van der Waals surface area contributed by atoms with Crippen molar-refractivity contribution in [3.8, 4) is 0 Å². The Balaban J connectivity index is 1.82. The summed E-state index contributed by atoms with van der Waals surface area (Å²) in [5, 5.41) is 7.82. The topological polar surface area (TPSA) is 29.9 Å². The SMILES string of the molecule is Cc1c(CNCC2(C)CCCS2)cnn1C. The summed E-state index contributed by atoms with van der Waals surface area (Å²) in [5.41, 5.74) is 2.57. The van der Waals surface area contributed by atoms with E-state index >= 15 is 0 Å². The van der Waals surface area contributed by atoms with Crippen LogP contribution >= 0.6 is 11.8 Å². The molecule has 0 amide bonds. The van der Waals surface area contributed by atoms with Crippen molar-refractivity contribution in [1.82, 2.24) is 15.1 Å². The molecule has 2 heterocycles. The fourth-order valence-electron chi connectivity index (χ4n) is 2.16. The van der Waals surface area contributed by atoms with E-state index in [1.807, 2.05) is 17.9 Å². The zero-order valence-corrected chi connectivity index (χ0v) is 11.2. The van der Waals surface area contributed by atoms with Crippen molar-refractivity contribution in [3.05, 3.63) is 17.5 Å². The molecule has 1 atom stereocenters. The van der Waals surface area contributed by atoms with Crippen LogP contribution in [-0.4, -0.2) is 26.8 Å². The minimum Gasteiger partial charge on any atom is -0.311 e. The van der Waals surface area contributed by atoms with Crippen LogP contribution in [0.1, 0.15) is 31.0 Å². The second kappa shape index (κ2) is 4.80. The summed E-state index contributed by atoms with van der Waals surface area (Å²) < 4.78 is 2.39. The minimum atomic E-state index is 0.454. The summed E-state index contributed by atoms with van der Waals surface area (Å²) in [6.45, 7) is 6.53. The summed E-state index contributed by atoms with van der Waals surface area (Å²) in [6.07, 6.45) is 4.68. The molecule has 1 aliphatic rings. The van der Waals surface area contributed by atoms with Gasteiger partial charge in [-0.3, -0.25) is 4.68 Å². The molecule has 1 aliphatic heterocycles. The van der Waals surface area contributed by atoms with E-state index in [0.717, 1.165) is 13.1 Å². The Kier molecular flexibility index (Phi) is 3.60. The zero-order valence-electron chi connectivity index (χ0n) is 10.4. The number of thioether (sulfide) groups is 1. The molecule has 90 valence electrons. The molecule has 0 aliphatic carbocycles. The van der Waals surface area contributed by atoms with E-state index < -0.39 is 0 Å². The molecule has 3 nitrogen and oxygen atoms in total. The second-order valence-corrected chi connectivity index (χ2v) is 6.57. The van der Waals surface area contributed by atoms with Crippen molar-refractivity contribution in [1.29, 1.82) is 0 Å². The summed E-state index contributed by atoms with van der Waals surface area (Å²) in [7, 11) is 1.99. The van der Waals surface area contributed by atoms with Gasteiger partial charge in [0.15, 0.2) is 0 Å². The van der Waals surface area contributed by atoms with Gasteiger partial charge >= 0.3 is 0 Å². The highest BCUT2D eigenvalue weighted by molar-refractivity contribution is 8.00. The second-order valence-electron chi connectivity index (χ2n) is 4.88. The van der Waals surface area contributed by atoms with Gasteiger partial charge in [-0.15, -0.1) is 0 Å². The fourth-order valence-corrected chi connectivity index (χ4v) is 3.43. The maximum absolute atomic E-state index is 4.26. The Labute approximate surface area is 102 Å². The average molecular weight is 239 g/mol. The van der Waals surface area contributed by atoms with Crippen LogP contribution < -0.4 is 5.32 Å². The van der Waals surface area contributed by atoms with Gasteiger partial charge in [-0.2, -0.15) is 16.9 Å². The smallest absolute Gasteiger partial charge is 0.0537 e. The standard InChI is InChI=1S/C12H21N3S/c1-10-11(8-14-15(10)3)7-13-9-12(2)5-4-6-16-12/h8,13H,4-7,9H2,1-3H3. The van der Waals surface area contributed by atoms with Crippen molar-refractivity contribution in [2.45, 2.75) is 38.0 Å². The van der Waals surface area contributed by atoms with Crippen molar-refractivity contribution in [2.24, 2.45) is 7.05 Å². The van der Waals surface area contributed by atoms with Crippen LogP contribution in [0.5, 0.6) is 0 Å².